The molecule has 0 aliphatic heterocycles. The number of halogens is 3. The fourth-order valence-electron chi connectivity index (χ4n) is 3.45. The minimum absolute atomic E-state index is 0.127. The smallest absolute Gasteiger partial charge is 0.383 e. The van der Waals surface area contributed by atoms with Crippen LogP contribution in [0.15, 0.2) is 85.2 Å². The number of benzene rings is 2. The molecule has 3 N–H and O–H groups in total. The molecule has 0 bridgehead atoms. The highest BCUT2D eigenvalue weighted by molar-refractivity contribution is 5.93. The molecule has 4 aromatic rings. The van der Waals surface area contributed by atoms with Crippen molar-refractivity contribution in [2.24, 2.45) is 0 Å². The van der Waals surface area contributed by atoms with Gasteiger partial charge in [0.15, 0.2) is 0 Å². The van der Waals surface area contributed by atoms with E-state index in [-0.39, 0.29) is 17.1 Å². The molecule has 156 valence electrons. The van der Waals surface area contributed by atoms with Crippen LogP contribution in [0.4, 0.5) is 24.7 Å². The molecule has 0 unspecified atom stereocenters. The van der Waals surface area contributed by atoms with Crippen LogP contribution in [0.3, 0.4) is 0 Å². The number of pyridine rings is 2. The Hall–Kier alpha value is -3.87. The monoisotopic (exact) mass is 420 g/mol. The first-order valence-corrected chi connectivity index (χ1v) is 9.59. The number of nitrogens with two attached hydrogens (primary N) is 1. The van der Waals surface area contributed by atoms with E-state index < -0.39 is 11.7 Å². The molecule has 0 spiro atoms. The number of anilines is 2. The second-order valence-corrected chi connectivity index (χ2v) is 6.90. The van der Waals surface area contributed by atoms with Crippen LogP contribution in [0.1, 0.15) is 11.1 Å². The Morgan fingerprint density at radius 3 is 2.10 bits per heavy atom. The van der Waals surface area contributed by atoms with Crippen LogP contribution in [0, 0.1) is 0 Å². The maximum Gasteiger partial charge on any atom is 0.417 e. The van der Waals surface area contributed by atoms with Crippen LogP contribution in [-0.4, -0.2) is 9.97 Å². The number of hydrogen-bond acceptors (Lipinski definition) is 4. The van der Waals surface area contributed by atoms with Gasteiger partial charge in [0, 0.05) is 30.2 Å². The van der Waals surface area contributed by atoms with Crippen LogP contribution >= 0.6 is 0 Å². The predicted molar refractivity (Wildman–Crippen MR) is 116 cm³/mol. The number of alkyl halides is 3. The zero-order valence-corrected chi connectivity index (χ0v) is 16.4. The van der Waals surface area contributed by atoms with Crippen LogP contribution in [0.2, 0.25) is 0 Å². The maximum absolute atomic E-state index is 13.8. The normalized spacial score (nSPS) is 11.3. The Morgan fingerprint density at radius 2 is 1.42 bits per heavy atom. The molecular formula is C24H19F3N4. The zero-order valence-electron chi connectivity index (χ0n) is 16.4. The van der Waals surface area contributed by atoms with Crippen LogP contribution in [-0.2, 0) is 12.7 Å². The van der Waals surface area contributed by atoms with Crippen molar-refractivity contribution in [3.05, 3.63) is 96.3 Å². The Morgan fingerprint density at radius 1 is 0.774 bits per heavy atom. The summed E-state index contributed by atoms with van der Waals surface area (Å²) >= 11 is 0. The van der Waals surface area contributed by atoms with Gasteiger partial charge in [0.1, 0.15) is 5.82 Å². The molecule has 0 fully saturated rings. The highest BCUT2D eigenvalue weighted by Crippen LogP contribution is 2.44. The summed E-state index contributed by atoms with van der Waals surface area (Å²) in [5, 5.41) is 3.33. The minimum atomic E-state index is -4.60. The van der Waals surface area contributed by atoms with Crippen molar-refractivity contribution in [1.29, 1.82) is 0 Å². The average Bonchev–Trinajstić information content (AvgIpc) is 2.78. The summed E-state index contributed by atoms with van der Waals surface area (Å²) in [4.78, 5) is 8.22. The standard InChI is InChI=1S/C24H19F3N4/c25-24(26,27)18-11-13-30-23(28)21(18)22-20(17-9-5-2-6-10-17)19(12-14-29-22)31-15-16-7-3-1-4-8-16/h1-14H,15H2,(H2,28,30)(H,29,31). The van der Waals surface area contributed by atoms with Gasteiger partial charge in [0.2, 0.25) is 0 Å². The molecule has 0 saturated carbocycles. The maximum atomic E-state index is 13.8. The van der Waals surface area contributed by atoms with E-state index in [1.54, 1.807) is 6.07 Å². The molecule has 4 nitrogen and oxygen atoms in total. The molecule has 0 aliphatic carbocycles. The highest BCUT2D eigenvalue weighted by Gasteiger charge is 2.36. The molecule has 2 heterocycles. The van der Waals surface area contributed by atoms with Gasteiger partial charge in [-0.05, 0) is 23.3 Å². The van der Waals surface area contributed by atoms with Crippen molar-refractivity contribution in [3.63, 3.8) is 0 Å². The van der Waals surface area contributed by atoms with E-state index in [9.17, 15) is 13.2 Å². The lowest BCUT2D eigenvalue weighted by atomic mass is 9.95. The summed E-state index contributed by atoms with van der Waals surface area (Å²) in [7, 11) is 0. The van der Waals surface area contributed by atoms with Gasteiger partial charge in [-0.1, -0.05) is 60.7 Å². The van der Waals surface area contributed by atoms with E-state index in [0.717, 1.165) is 23.4 Å². The zero-order chi connectivity index (χ0) is 21.8. The lowest BCUT2D eigenvalue weighted by molar-refractivity contribution is -0.137. The average molecular weight is 420 g/mol. The molecule has 0 aliphatic rings. The Kier molecular flexibility index (Phi) is 5.58. The van der Waals surface area contributed by atoms with E-state index in [2.05, 4.69) is 15.3 Å². The fourth-order valence-corrected chi connectivity index (χ4v) is 3.45. The summed E-state index contributed by atoms with van der Waals surface area (Å²) in [5.74, 6) is -0.222. The Balaban J connectivity index is 1.91. The molecular weight excluding hydrogens is 401 g/mol. The summed E-state index contributed by atoms with van der Waals surface area (Å²) in [5.41, 5.74) is 7.91. The third-order valence-corrected chi connectivity index (χ3v) is 4.86. The lowest BCUT2D eigenvalue weighted by Crippen LogP contribution is -2.11. The van der Waals surface area contributed by atoms with Crippen molar-refractivity contribution in [1.82, 2.24) is 9.97 Å². The van der Waals surface area contributed by atoms with Gasteiger partial charge in [0.25, 0.3) is 0 Å². The lowest BCUT2D eigenvalue weighted by Gasteiger charge is -2.19. The van der Waals surface area contributed by atoms with Crippen LogP contribution in [0.25, 0.3) is 22.4 Å². The number of nitrogens with zero attached hydrogens (tertiary/aromatic N) is 2. The summed E-state index contributed by atoms with van der Waals surface area (Å²) in [6.07, 6.45) is -2.07. The first kappa shape index (κ1) is 20.4. The first-order valence-electron chi connectivity index (χ1n) is 9.59. The Bertz CT molecular complexity index is 1180. The SMILES string of the molecule is Nc1nccc(C(F)(F)F)c1-c1nccc(NCc2ccccc2)c1-c1ccccc1. The topological polar surface area (TPSA) is 63.8 Å². The van der Waals surface area contributed by atoms with E-state index >= 15 is 0 Å². The quantitative estimate of drug-likeness (QED) is 0.414. The van der Waals surface area contributed by atoms with Gasteiger partial charge in [-0.2, -0.15) is 13.2 Å². The van der Waals surface area contributed by atoms with Gasteiger partial charge in [0.05, 0.1) is 16.8 Å². The first-order chi connectivity index (χ1) is 14.9. The number of hydrogen-bond donors (Lipinski definition) is 2. The molecule has 4 rings (SSSR count). The molecule has 31 heavy (non-hydrogen) atoms. The fraction of sp³-hybridized carbons (Fsp3) is 0.0833. The molecule has 0 amide bonds. The molecule has 2 aromatic heterocycles. The summed E-state index contributed by atoms with van der Waals surface area (Å²) in [6.45, 7) is 0.499. The van der Waals surface area contributed by atoms with Gasteiger partial charge in [-0.25, -0.2) is 4.98 Å². The molecule has 0 atom stereocenters. The third kappa shape index (κ3) is 4.35. The largest absolute Gasteiger partial charge is 0.417 e. The third-order valence-electron chi connectivity index (χ3n) is 4.86. The van der Waals surface area contributed by atoms with Gasteiger partial charge in [-0.3, -0.25) is 4.98 Å². The number of nitrogen functional groups attached to an aromatic ring is 1. The Labute approximate surface area is 177 Å². The molecule has 7 heteroatoms. The van der Waals surface area contributed by atoms with Crippen molar-refractivity contribution in [2.45, 2.75) is 12.7 Å². The van der Waals surface area contributed by atoms with Crippen molar-refractivity contribution < 1.29 is 13.2 Å². The van der Waals surface area contributed by atoms with E-state index in [1.165, 1.54) is 6.20 Å². The van der Waals surface area contributed by atoms with Gasteiger partial charge in [-0.15, -0.1) is 0 Å². The highest BCUT2D eigenvalue weighted by atomic mass is 19.4. The van der Waals surface area contributed by atoms with Gasteiger partial charge < -0.3 is 11.1 Å². The van der Waals surface area contributed by atoms with Gasteiger partial charge >= 0.3 is 6.18 Å². The molecule has 0 saturated heterocycles. The van der Waals surface area contributed by atoms with Crippen molar-refractivity contribution in [2.75, 3.05) is 11.1 Å². The summed E-state index contributed by atoms with van der Waals surface area (Å²) < 4.78 is 41.4. The van der Waals surface area contributed by atoms with E-state index in [4.69, 9.17) is 5.73 Å². The number of aromatic nitrogens is 2. The molecule has 0 radical (unpaired) electrons. The van der Waals surface area contributed by atoms with Crippen LogP contribution < -0.4 is 11.1 Å². The van der Waals surface area contributed by atoms with Crippen molar-refractivity contribution >= 4 is 11.5 Å². The summed E-state index contributed by atoms with van der Waals surface area (Å²) in [6, 6.07) is 21.5. The second kappa shape index (κ2) is 8.47. The van der Waals surface area contributed by atoms with Crippen molar-refractivity contribution in [3.8, 4) is 22.4 Å². The molecule has 2 aromatic carbocycles. The second-order valence-electron chi connectivity index (χ2n) is 6.90. The number of rotatable bonds is 5. The predicted octanol–water partition coefficient (Wildman–Crippen LogP) is 6.02. The van der Waals surface area contributed by atoms with E-state index in [0.29, 0.717) is 17.8 Å². The van der Waals surface area contributed by atoms with Crippen LogP contribution in [0.5, 0.6) is 0 Å². The van der Waals surface area contributed by atoms with E-state index in [1.807, 2.05) is 60.7 Å². The number of nitrogens with one attached hydrogen (secondary N) is 1. The minimum Gasteiger partial charge on any atom is -0.383 e.